The van der Waals surface area contributed by atoms with Gasteiger partial charge in [-0.25, -0.2) is 28.6 Å². The normalized spacial score (nSPS) is 22.2. The van der Waals surface area contributed by atoms with E-state index in [1.165, 1.54) is 25.0 Å². The number of imidazole rings is 1. The molecule has 73 heavy (non-hydrogen) atoms. The molecule has 7 unspecified atom stereocenters. The van der Waals surface area contributed by atoms with Crippen LogP contribution >= 0.6 is 23.5 Å². The zero-order chi connectivity index (χ0) is 53.4. The molecule has 7 atom stereocenters. The van der Waals surface area contributed by atoms with Crippen LogP contribution in [0.15, 0.2) is 36.9 Å². The Bertz CT molecular complexity index is 2590. The lowest BCUT2D eigenvalue weighted by Crippen LogP contribution is -2.46. The highest BCUT2D eigenvalue weighted by Crippen LogP contribution is 2.61. The minimum atomic E-state index is -5.60. The fourth-order valence-electron chi connectivity index (χ4n) is 8.76. The van der Waals surface area contributed by atoms with Crippen LogP contribution in [0.1, 0.15) is 115 Å². The van der Waals surface area contributed by atoms with Gasteiger partial charge >= 0.3 is 29.4 Å². The Morgan fingerprint density at radius 1 is 0.877 bits per heavy atom. The number of phosphoric ester groups is 3. The number of aliphatic carboxylic acids is 1. The molecule has 29 heteroatoms. The third kappa shape index (κ3) is 16.4. The molecule has 406 valence electrons. The molecule has 2 aromatic heterocycles. The van der Waals surface area contributed by atoms with Crippen LogP contribution in [0.3, 0.4) is 0 Å². The van der Waals surface area contributed by atoms with E-state index in [1.807, 2.05) is 0 Å². The lowest BCUT2D eigenvalue weighted by Gasteiger charge is -2.30. The van der Waals surface area contributed by atoms with Gasteiger partial charge < -0.3 is 56.0 Å². The van der Waals surface area contributed by atoms with E-state index in [-0.39, 0.29) is 54.1 Å². The SMILES string of the molecule is CC(C)(COP(=O)(O)OP(=O)(O)OCC1OC(n2cnc3c(N)ncnc32)C(O)C1OP(=O)(O)O)C(O)C(=O)NCCC(=O)NCCC(=O)C1(CCCCc2cccc(CCCCCC3(C(=O)O)CC3)c2)CC1. The lowest BCUT2D eigenvalue weighted by atomic mass is 9.87. The van der Waals surface area contributed by atoms with E-state index in [9.17, 15) is 67.8 Å². The number of nitrogen functional groups attached to an aromatic ring is 1. The van der Waals surface area contributed by atoms with Gasteiger partial charge in [0.2, 0.25) is 11.8 Å². The molecular weight excluding hydrogens is 1020 g/mol. The average Bonchev–Trinajstić information content (AvgIpc) is 4.22. The quantitative estimate of drug-likeness (QED) is 0.0316. The number of aliphatic hydroxyl groups is 2. The Balaban J connectivity index is 0.847. The van der Waals surface area contributed by atoms with Gasteiger partial charge in [-0.15, -0.1) is 0 Å². The Morgan fingerprint density at radius 3 is 2.14 bits per heavy atom. The van der Waals surface area contributed by atoms with Gasteiger partial charge in [0.15, 0.2) is 17.7 Å². The number of nitrogens with one attached hydrogen (secondary N) is 2. The van der Waals surface area contributed by atoms with Gasteiger partial charge in [-0.05, 0) is 75.3 Å². The summed E-state index contributed by atoms with van der Waals surface area (Å²) in [6, 6.07) is 8.54. The number of ketones is 1. The molecule has 3 fully saturated rings. The van der Waals surface area contributed by atoms with Gasteiger partial charge in [-0.2, -0.15) is 4.31 Å². The number of carboxylic acid groups (broad SMARTS) is 1. The number of aliphatic hydroxyl groups excluding tert-OH is 2. The molecule has 3 aliphatic rings. The number of unbranched alkanes of at least 4 members (excludes halogenated alkanes) is 3. The molecule has 6 rings (SSSR count). The summed E-state index contributed by atoms with van der Waals surface area (Å²) in [5.41, 5.74) is 5.96. The monoisotopic (exact) mass is 1090 g/mol. The number of anilines is 1. The Kier molecular flexibility index (Phi) is 19.3. The van der Waals surface area contributed by atoms with Crippen molar-refractivity contribution in [3.8, 4) is 0 Å². The van der Waals surface area contributed by atoms with Crippen LogP contribution in [0, 0.1) is 16.2 Å². The number of phosphoric acid groups is 3. The van der Waals surface area contributed by atoms with Gasteiger partial charge in [0.25, 0.3) is 0 Å². The number of hydrogen-bond donors (Lipinski definition) is 10. The zero-order valence-electron chi connectivity index (χ0n) is 40.5. The molecule has 0 spiro atoms. The Hall–Kier alpha value is -4.10. The number of amides is 2. The van der Waals surface area contributed by atoms with Crippen LogP contribution < -0.4 is 16.4 Å². The number of fused-ring (bicyclic) bond motifs is 1. The first-order chi connectivity index (χ1) is 34.2. The molecule has 0 bridgehead atoms. The molecule has 2 saturated carbocycles. The van der Waals surface area contributed by atoms with Gasteiger partial charge in [0.1, 0.15) is 42.0 Å². The van der Waals surface area contributed by atoms with Gasteiger partial charge in [0, 0.05) is 36.8 Å². The molecule has 2 aliphatic carbocycles. The van der Waals surface area contributed by atoms with Crippen molar-refractivity contribution in [3.05, 3.63) is 48.0 Å². The number of rotatable bonds is 32. The summed E-state index contributed by atoms with van der Waals surface area (Å²) in [5.74, 6) is -2.05. The lowest BCUT2D eigenvalue weighted by molar-refractivity contribution is -0.143. The maximum atomic E-state index is 13.1. The number of carbonyl (C=O) groups is 4. The first-order valence-electron chi connectivity index (χ1n) is 24.0. The van der Waals surface area contributed by atoms with Crippen molar-refractivity contribution in [1.82, 2.24) is 30.2 Å². The van der Waals surface area contributed by atoms with E-state index >= 15 is 0 Å². The number of ether oxygens (including phenoxy) is 1. The van der Waals surface area contributed by atoms with E-state index in [0.717, 1.165) is 101 Å². The fourth-order valence-corrected chi connectivity index (χ4v) is 11.6. The number of carboxylic acids is 1. The van der Waals surface area contributed by atoms with Crippen molar-refractivity contribution in [2.45, 2.75) is 141 Å². The summed E-state index contributed by atoms with van der Waals surface area (Å²) in [5, 5.41) is 36.1. The molecule has 11 N–H and O–H groups in total. The topological polar surface area (TPSA) is 401 Å². The van der Waals surface area contributed by atoms with Crippen molar-refractivity contribution in [2.24, 2.45) is 16.2 Å². The van der Waals surface area contributed by atoms with Crippen molar-refractivity contribution < 1.29 is 90.4 Å². The highest BCUT2D eigenvalue weighted by molar-refractivity contribution is 7.61. The summed E-state index contributed by atoms with van der Waals surface area (Å²) in [6.45, 7) is 0.374. The fraction of sp³-hybridized carbons (Fsp3) is 0.659. The second kappa shape index (κ2) is 24.3. The standard InChI is InChI=1S/C44H66N7O19P3/c1-42(2,25-67-73(64,65)70-72(62,63)66-24-30-35(69-71(59,60)61)34(54)40(68-30)51-27-50-33-37(45)48-26-49-38(33)51)36(55)39(56)47-22-14-32(53)46-21-13-31(52)43(17-18-43)15-7-5-10-29-12-8-11-28(23-29)9-4-3-6-16-44(19-20-44)41(57)58/h8,11-12,23,26-27,30,34-36,40,54-55H,3-7,9-10,13-22,24-25H2,1-2H3,(H,46,53)(H,47,56)(H,57,58)(H,62,63)(H,64,65)(H2,45,48,49)(H2,59,60,61). The third-order valence-corrected chi connectivity index (χ3v) is 16.6. The molecule has 3 heterocycles. The molecule has 1 aromatic carbocycles. The highest BCUT2D eigenvalue weighted by Gasteiger charge is 2.51. The van der Waals surface area contributed by atoms with Crippen LogP contribution in [0.4, 0.5) is 5.82 Å². The van der Waals surface area contributed by atoms with Gasteiger partial charge in [0.05, 0.1) is 25.0 Å². The van der Waals surface area contributed by atoms with Crippen LogP contribution in [-0.4, -0.2) is 129 Å². The first-order valence-corrected chi connectivity index (χ1v) is 28.5. The van der Waals surface area contributed by atoms with Gasteiger partial charge in [-0.1, -0.05) is 57.4 Å². The second-order valence-electron chi connectivity index (χ2n) is 19.7. The second-order valence-corrected chi connectivity index (χ2v) is 23.9. The van der Waals surface area contributed by atoms with Crippen LogP contribution in [0.2, 0.25) is 0 Å². The Morgan fingerprint density at radius 2 is 1.49 bits per heavy atom. The van der Waals surface area contributed by atoms with E-state index in [0.29, 0.717) is 0 Å². The minimum absolute atomic E-state index is 0.0268. The number of aromatic nitrogens is 4. The number of nitrogens with two attached hydrogens (primary N) is 1. The molecule has 2 amide bonds. The van der Waals surface area contributed by atoms with E-state index < -0.39 is 95.9 Å². The van der Waals surface area contributed by atoms with E-state index in [2.05, 4.69) is 58.7 Å². The average molecular weight is 1090 g/mol. The minimum Gasteiger partial charge on any atom is -0.481 e. The predicted molar refractivity (Wildman–Crippen MR) is 256 cm³/mol. The molecule has 26 nitrogen and oxygen atoms in total. The molecule has 0 radical (unpaired) electrons. The smallest absolute Gasteiger partial charge is 0.481 e. The van der Waals surface area contributed by atoms with E-state index in [1.54, 1.807) is 0 Å². The maximum Gasteiger partial charge on any atom is 0.481 e. The first kappa shape index (κ1) is 58.2. The number of benzene rings is 1. The summed E-state index contributed by atoms with van der Waals surface area (Å²) < 4.78 is 62.6. The summed E-state index contributed by atoms with van der Waals surface area (Å²) in [4.78, 5) is 101. The van der Waals surface area contributed by atoms with Crippen LogP contribution in [0.25, 0.3) is 11.2 Å². The molecule has 3 aromatic rings. The predicted octanol–water partition coefficient (Wildman–Crippen LogP) is 3.53. The maximum absolute atomic E-state index is 13.1. The molecule has 1 saturated heterocycles. The van der Waals surface area contributed by atoms with Crippen LogP contribution in [0.5, 0.6) is 0 Å². The number of hydrogen-bond acceptors (Lipinski definition) is 18. The van der Waals surface area contributed by atoms with Crippen molar-refractivity contribution >= 4 is 64.0 Å². The number of nitrogens with zero attached hydrogens (tertiary/aromatic N) is 4. The highest BCUT2D eigenvalue weighted by atomic mass is 31.3. The summed E-state index contributed by atoms with van der Waals surface area (Å²) >= 11 is 0. The summed E-state index contributed by atoms with van der Waals surface area (Å²) in [7, 11) is -16.5. The van der Waals surface area contributed by atoms with Crippen molar-refractivity contribution in [2.75, 3.05) is 32.0 Å². The van der Waals surface area contributed by atoms with Gasteiger partial charge in [-0.3, -0.25) is 37.3 Å². The number of Topliss-reactive ketones (excluding diaryl/α,β-unsaturated/α-hetero) is 1. The van der Waals surface area contributed by atoms with E-state index in [4.69, 9.17) is 19.5 Å². The van der Waals surface area contributed by atoms with Crippen molar-refractivity contribution in [1.29, 1.82) is 0 Å². The largest absolute Gasteiger partial charge is 0.481 e. The summed E-state index contributed by atoms with van der Waals surface area (Å²) in [6.07, 6.45) is 4.56. The van der Waals surface area contributed by atoms with Crippen molar-refractivity contribution in [3.63, 3.8) is 0 Å². The molecule has 1 aliphatic heterocycles. The number of carbonyl (C=O) groups excluding carboxylic acids is 3. The third-order valence-electron chi connectivity index (χ3n) is 13.5. The molecular formula is C44H66N7O19P3. The zero-order valence-corrected chi connectivity index (χ0v) is 43.2. The Labute approximate surface area is 420 Å². The number of aryl methyl sites for hydroxylation is 2. The van der Waals surface area contributed by atoms with Crippen LogP contribution in [-0.2, 0) is 68.3 Å².